The van der Waals surface area contributed by atoms with Crippen molar-refractivity contribution in [3.05, 3.63) is 81.6 Å². The van der Waals surface area contributed by atoms with Gasteiger partial charge in [-0.1, -0.05) is 27.5 Å². The molecule has 0 spiro atoms. The zero-order valence-corrected chi connectivity index (χ0v) is 14.2. The Kier molecular flexibility index (Phi) is 4.74. The summed E-state index contributed by atoms with van der Waals surface area (Å²) in [6.07, 6.45) is 4.62. The van der Waals surface area contributed by atoms with Crippen molar-refractivity contribution < 1.29 is 9.21 Å². The number of ketones is 1. The van der Waals surface area contributed by atoms with Gasteiger partial charge in [0.15, 0.2) is 5.78 Å². The molecule has 3 aromatic rings. The average molecular weight is 389 g/mol. The molecule has 0 bridgehead atoms. The molecule has 5 heteroatoms. The Labute approximate surface area is 146 Å². The number of oxazole rings is 1. The third-order valence-electron chi connectivity index (χ3n) is 3.15. The molecule has 0 fully saturated rings. The summed E-state index contributed by atoms with van der Waals surface area (Å²) in [4.78, 5) is 16.4. The molecule has 0 atom stereocenters. The third kappa shape index (κ3) is 3.97. The van der Waals surface area contributed by atoms with Crippen LogP contribution in [0.25, 0.3) is 17.5 Å². The smallest absolute Gasteiger partial charge is 0.226 e. The summed E-state index contributed by atoms with van der Waals surface area (Å²) in [6, 6.07) is 14.4. The number of rotatable bonds is 4. The molecule has 0 unspecified atom stereocenters. The van der Waals surface area contributed by atoms with Crippen LogP contribution in [0.1, 0.15) is 16.1 Å². The molecule has 0 aliphatic rings. The fourth-order valence-corrected chi connectivity index (χ4v) is 2.35. The number of halogens is 2. The predicted molar refractivity (Wildman–Crippen MR) is 94.5 cm³/mol. The van der Waals surface area contributed by atoms with Gasteiger partial charge < -0.3 is 4.42 Å². The van der Waals surface area contributed by atoms with Gasteiger partial charge in [-0.05, 0) is 60.7 Å². The first kappa shape index (κ1) is 15.7. The summed E-state index contributed by atoms with van der Waals surface area (Å²) >= 11 is 9.19. The maximum Gasteiger partial charge on any atom is 0.226 e. The molecule has 1 heterocycles. The van der Waals surface area contributed by atoms with Gasteiger partial charge in [0.05, 0.1) is 0 Å². The fraction of sp³-hybridized carbons (Fsp3) is 0. The van der Waals surface area contributed by atoms with Gasteiger partial charge in [-0.25, -0.2) is 4.98 Å². The zero-order valence-electron chi connectivity index (χ0n) is 11.9. The van der Waals surface area contributed by atoms with Crippen molar-refractivity contribution >= 4 is 39.4 Å². The van der Waals surface area contributed by atoms with Crippen molar-refractivity contribution in [2.45, 2.75) is 0 Å². The van der Waals surface area contributed by atoms with E-state index >= 15 is 0 Å². The van der Waals surface area contributed by atoms with Gasteiger partial charge >= 0.3 is 0 Å². The number of allylic oxidation sites excluding steroid dienone is 1. The van der Waals surface area contributed by atoms with E-state index in [1.54, 1.807) is 30.3 Å². The van der Waals surface area contributed by atoms with Crippen molar-refractivity contribution in [2.24, 2.45) is 0 Å². The van der Waals surface area contributed by atoms with E-state index in [0.717, 1.165) is 10.0 Å². The maximum absolute atomic E-state index is 12.1. The second-order valence-electron chi connectivity index (χ2n) is 4.79. The number of aromatic nitrogens is 1. The minimum atomic E-state index is -0.0893. The third-order valence-corrected chi connectivity index (χ3v) is 3.93. The molecule has 2 aromatic carbocycles. The molecule has 23 heavy (non-hydrogen) atoms. The number of hydrogen-bond donors (Lipinski definition) is 0. The molecule has 3 rings (SSSR count). The number of carbonyl (C=O) groups excluding carboxylic acids is 1. The van der Waals surface area contributed by atoms with Crippen molar-refractivity contribution in [1.29, 1.82) is 0 Å². The quantitative estimate of drug-likeness (QED) is 0.428. The van der Waals surface area contributed by atoms with Gasteiger partial charge in [0.1, 0.15) is 12.0 Å². The highest BCUT2D eigenvalue weighted by atomic mass is 79.9. The minimum absolute atomic E-state index is 0.0893. The minimum Gasteiger partial charge on any atom is -0.444 e. The van der Waals surface area contributed by atoms with E-state index in [2.05, 4.69) is 20.9 Å². The van der Waals surface area contributed by atoms with Gasteiger partial charge in [-0.3, -0.25) is 4.79 Å². The fourth-order valence-electron chi connectivity index (χ4n) is 1.96. The lowest BCUT2D eigenvalue weighted by Gasteiger charge is -1.95. The molecule has 0 aliphatic carbocycles. The molecular formula is C18H11BrClNO2. The van der Waals surface area contributed by atoms with Gasteiger partial charge in [-0.15, -0.1) is 0 Å². The van der Waals surface area contributed by atoms with E-state index in [-0.39, 0.29) is 5.78 Å². The highest BCUT2D eigenvalue weighted by Crippen LogP contribution is 2.21. The second kappa shape index (κ2) is 6.94. The van der Waals surface area contributed by atoms with Crippen LogP contribution >= 0.6 is 27.5 Å². The number of hydrogen-bond acceptors (Lipinski definition) is 3. The Bertz CT molecular complexity index is 851. The monoisotopic (exact) mass is 387 g/mol. The highest BCUT2D eigenvalue weighted by Gasteiger charge is 2.06. The molecule has 0 saturated carbocycles. The van der Waals surface area contributed by atoms with E-state index in [0.29, 0.717) is 22.2 Å². The lowest BCUT2D eigenvalue weighted by Crippen LogP contribution is -1.93. The van der Waals surface area contributed by atoms with Gasteiger partial charge in [0.2, 0.25) is 5.89 Å². The van der Waals surface area contributed by atoms with E-state index < -0.39 is 0 Å². The Hall–Kier alpha value is -2.17. The number of nitrogens with zero attached hydrogens (tertiary/aromatic N) is 1. The van der Waals surface area contributed by atoms with Crippen LogP contribution in [0.4, 0.5) is 0 Å². The van der Waals surface area contributed by atoms with Crippen LogP contribution < -0.4 is 0 Å². The molecule has 1 aromatic heterocycles. The molecule has 3 nitrogen and oxygen atoms in total. The Balaban J connectivity index is 1.74. The van der Waals surface area contributed by atoms with Crippen LogP contribution in [0, 0.1) is 0 Å². The molecule has 0 saturated heterocycles. The molecule has 114 valence electrons. The summed E-state index contributed by atoms with van der Waals surface area (Å²) in [5.74, 6) is 0.394. The van der Waals surface area contributed by atoms with Gasteiger partial charge in [-0.2, -0.15) is 0 Å². The van der Waals surface area contributed by atoms with Crippen LogP contribution in [0.5, 0.6) is 0 Å². The van der Waals surface area contributed by atoms with Crippen LogP contribution in [0.3, 0.4) is 0 Å². The molecule has 0 N–H and O–H groups in total. The summed E-state index contributed by atoms with van der Waals surface area (Å²) in [5.41, 5.74) is 2.03. The summed E-state index contributed by atoms with van der Waals surface area (Å²) in [6.45, 7) is 0. The summed E-state index contributed by atoms with van der Waals surface area (Å²) < 4.78 is 6.35. The largest absolute Gasteiger partial charge is 0.444 e. The molecule has 0 amide bonds. The van der Waals surface area contributed by atoms with Crippen LogP contribution in [0.2, 0.25) is 5.02 Å². The first-order valence-electron chi connectivity index (χ1n) is 6.81. The Morgan fingerprint density at radius 1 is 1.09 bits per heavy atom. The van der Waals surface area contributed by atoms with E-state index in [9.17, 15) is 4.79 Å². The van der Waals surface area contributed by atoms with Crippen molar-refractivity contribution in [2.75, 3.05) is 0 Å². The second-order valence-corrected chi connectivity index (χ2v) is 6.14. The number of carbonyl (C=O) groups is 1. The molecular weight excluding hydrogens is 378 g/mol. The van der Waals surface area contributed by atoms with E-state index in [1.807, 2.05) is 24.3 Å². The number of benzene rings is 2. The molecule has 0 aliphatic heterocycles. The predicted octanol–water partition coefficient (Wildman–Crippen LogP) is 5.65. The van der Waals surface area contributed by atoms with Gasteiger partial charge in [0, 0.05) is 20.6 Å². The van der Waals surface area contributed by atoms with Crippen molar-refractivity contribution in [3.8, 4) is 11.5 Å². The van der Waals surface area contributed by atoms with Crippen molar-refractivity contribution in [3.63, 3.8) is 0 Å². The SMILES string of the molecule is O=C(/C=C/c1coc(-c2ccc(Cl)cc2)n1)c1ccc(Br)cc1. The zero-order chi connectivity index (χ0) is 16.2. The van der Waals surface area contributed by atoms with Crippen LogP contribution in [0.15, 0.2) is 69.8 Å². The average Bonchev–Trinajstić information content (AvgIpc) is 3.03. The lowest BCUT2D eigenvalue weighted by atomic mass is 10.1. The Morgan fingerprint density at radius 3 is 2.48 bits per heavy atom. The van der Waals surface area contributed by atoms with E-state index in [1.165, 1.54) is 12.3 Å². The standard InChI is InChI=1S/C18H11BrClNO2/c19-14-5-1-12(2-6-14)17(22)10-9-16-11-23-18(21-16)13-3-7-15(20)8-4-13/h1-11H/b10-9+. The summed E-state index contributed by atoms with van der Waals surface area (Å²) in [7, 11) is 0. The lowest BCUT2D eigenvalue weighted by molar-refractivity contribution is 0.104. The first-order chi connectivity index (χ1) is 11.1. The van der Waals surface area contributed by atoms with E-state index in [4.69, 9.17) is 16.0 Å². The Morgan fingerprint density at radius 2 is 1.78 bits per heavy atom. The van der Waals surface area contributed by atoms with Crippen molar-refractivity contribution in [1.82, 2.24) is 4.98 Å². The van der Waals surface area contributed by atoms with Gasteiger partial charge in [0.25, 0.3) is 0 Å². The van der Waals surface area contributed by atoms with Crippen LogP contribution in [-0.4, -0.2) is 10.8 Å². The molecule has 0 radical (unpaired) electrons. The first-order valence-corrected chi connectivity index (χ1v) is 7.98. The summed E-state index contributed by atoms with van der Waals surface area (Å²) in [5, 5.41) is 0.653. The normalized spacial score (nSPS) is 11.0. The maximum atomic E-state index is 12.1. The topological polar surface area (TPSA) is 43.1 Å². The highest BCUT2D eigenvalue weighted by molar-refractivity contribution is 9.10. The van der Waals surface area contributed by atoms with Crippen LogP contribution in [-0.2, 0) is 0 Å².